The number of carbonyl (C=O) groups is 2. The molecule has 4 nitrogen and oxygen atoms in total. The van der Waals surface area contributed by atoms with Gasteiger partial charge in [0, 0.05) is 6.54 Å². The molecule has 0 unspecified atom stereocenters. The van der Waals surface area contributed by atoms with E-state index < -0.39 is 5.97 Å². The molecule has 0 aliphatic rings. The summed E-state index contributed by atoms with van der Waals surface area (Å²) in [5.41, 5.74) is 0. The first-order valence-electron chi connectivity index (χ1n) is 6.01. The first-order chi connectivity index (χ1) is 8.54. The third kappa shape index (κ3) is 4.49. The molecule has 1 amide bonds. The van der Waals surface area contributed by atoms with E-state index in [1.165, 1.54) is 7.11 Å². The fourth-order valence-corrected chi connectivity index (χ4v) is 2.31. The monoisotopic (exact) mass is 269 g/mol. The molecular formula is C13H19NO3S. The van der Waals surface area contributed by atoms with Crippen molar-refractivity contribution in [2.45, 2.75) is 26.7 Å². The van der Waals surface area contributed by atoms with Crippen LogP contribution in [0, 0.1) is 5.92 Å². The van der Waals surface area contributed by atoms with E-state index in [1.807, 2.05) is 0 Å². The number of carbonyl (C=O) groups excluding carboxylic acids is 2. The van der Waals surface area contributed by atoms with Gasteiger partial charge in [-0.2, -0.15) is 0 Å². The Bertz CT molecular complexity index is 412. The standard InChI is InChI=1S/C13H19NO3S/c1-9(2)5-4-8-14-12(15)10-6-7-11(18-10)13(16)17-3/h6-7,9H,4-5,8H2,1-3H3,(H,14,15). The molecule has 0 aromatic carbocycles. The lowest BCUT2D eigenvalue weighted by atomic mass is 10.1. The van der Waals surface area contributed by atoms with E-state index in [4.69, 9.17) is 0 Å². The fraction of sp³-hybridized carbons (Fsp3) is 0.538. The van der Waals surface area contributed by atoms with Crippen molar-refractivity contribution >= 4 is 23.2 Å². The summed E-state index contributed by atoms with van der Waals surface area (Å²) in [5.74, 6) is 0.118. The molecule has 0 spiro atoms. The molecule has 0 fully saturated rings. The van der Waals surface area contributed by atoms with Gasteiger partial charge in [0.25, 0.3) is 5.91 Å². The molecule has 1 heterocycles. The average Bonchev–Trinajstić information content (AvgIpc) is 2.82. The van der Waals surface area contributed by atoms with Gasteiger partial charge in [0.2, 0.25) is 0 Å². The van der Waals surface area contributed by atoms with Crippen LogP contribution >= 0.6 is 11.3 Å². The van der Waals surface area contributed by atoms with Crippen molar-refractivity contribution in [3.63, 3.8) is 0 Å². The number of amides is 1. The smallest absolute Gasteiger partial charge is 0.348 e. The van der Waals surface area contributed by atoms with Gasteiger partial charge in [-0.05, 0) is 30.9 Å². The molecule has 0 saturated heterocycles. The van der Waals surface area contributed by atoms with Gasteiger partial charge < -0.3 is 10.1 Å². The molecular weight excluding hydrogens is 250 g/mol. The minimum absolute atomic E-state index is 0.126. The summed E-state index contributed by atoms with van der Waals surface area (Å²) in [7, 11) is 1.33. The lowest BCUT2D eigenvalue weighted by Gasteiger charge is -2.05. The maximum absolute atomic E-state index is 11.8. The Labute approximate surface area is 111 Å². The molecule has 18 heavy (non-hydrogen) atoms. The fourth-order valence-electron chi connectivity index (χ4n) is 1.47. The molecule has 1 rings (SSSR count). The second-order valence-corrected chi connectivity index (χ2v) is 5.53. The topological polar surface area (TPSA) is 55.4 Å². The highest BCUT2D eigenvalue weighted by Crippen LogP contribution is 2.17. The third-order valence-corrected chi connectivity index (χ3v) is 3.52. The first kappa shape index (κ1) is 14.7. The van der Waals surface area contributed by atoms with Gasteiger partial charge in [-0.15, -0.1) is 11.3 Å². The van der Waals surface area contributed by atoms with Crippen LogP contribution in [0.15, 0.2) is 12.1 Å². The van der Waals surface area contributed by atoms with Gasteiger partial charge in [-0.1, -0.05) is 13.8 Å². The van der Waals surface area contributed by atoms with E-state index >= 15 is 0 Å². The largest absolute Gasteiger partial charge is 0.465 e. The van der Waals surface area contributed by atoms with Crippen molar-refractivity contribution in [2.24, 2.45) is 5.92 Å². The number of methoxy groups -OCH3 is 1. The number of thiophene rings is 1. The van der Waals surface area contributed by atoms with Gasteiger partial charge in [0.1, 0.15) is 4.88 Å². The molecule has 1 N–H and O–H groups in total. The minimum atomic E-state index is -0.404. The predicted octanol–water partition coefficient (Wildman–Crippen LogP) is 2.70. The van der Waals surface area contributed by atoms with Gasteiger partial charge >= 0.3 is 5.97 Å². The molecule has 0 aliphatic carbocycles. The molecule has 0 radical (unpaired) electrons. The molecule has 100 valence electrons. The number of esters is 1. The molecule has 0 atom stereocenters. The summed E-state index contributed by atoms with van der Waals surface area (Å²) >= 11 is 1.15. The summed E-state index contributed by atoms with van der Waals surface area (Å²) in [6, 6.07) is 3.26. The van der Waals surface area contributed by atoms with Gasteiger partial charge in [-0.3, -0.25) is 4.79 Å². The maximum Gasteiger partial charge on any atom is 0.348 e. The van der Waals surface area contributed by atoms with Crippen molar-refractivity contribution in [3.05, 3.63) is 21.9 Å². The SMILES string of the molecule is COC(=O)c1ccc(C(=O)NCCCC(C)C)s1. The third-order valence-electron chi connectivity index (χ3n) is 2.46. The minimum Gasteiger partial charge on any atom is -0.465 e. The van der Waals surface area contributed by atoms with Crippen molar-refractivity contribution in [1.82, 2.24) is 5.32 Å². The van der Waals surface area contributed by atoms with Crippen LogP contribution < -0.4 is 5.32 Å². The molecule has 5 heteroatoms. The van der Waals surface area contributed by atoms with Crippen LogP contribution in [0.4, 0.5) is 0 Å². The van der Waals surface area contributed by atoms with Crippen LogP contribution in [0.3, 0.4) is 0 Å². The van der Waals surface area contributed by atoms with Crippen molar-refractivity contribution in [3.8, 4) is 0 Å². The summed E-state index contributed by atoms with van der Waals surface area (Å²) < 4.78 is 4.59. The zero-order chi connectivity index (χ0) is 13.5. The zero-order valence-electron chi connectivity index (χ0n) is 11.0. The normalized spacial score (nSPS) is 10.4. The maximum atomic E-state index is 11.8. The van der Waals surface area contributed by atoms with Crippen molar-refractivity contribution in [1.29, 1.82) is 0 Å². The van der Waals surface area contributed by atoms with Crippen molar-refractivity contribution < 1.29 is 14.3 Å². The molecule has 0 saturated carbocycles. The van der Waals surface area contributed by atoms with E-state index in [2.05, 4.69) is 23.9 Å². The highest BCUT2D eigenvalue weighted by molar-refractivity contribution is 7.15. The van der Waals surface area contributed by atoms with Crippen LogP contribution in [0.2, 0.25) is 0 Å². The molecule has 0 aliphatic heterocycles. The Morgan fingerprint density at radius 1 is 1.33 bits per heavy atom. The predicted molar refractivity (Wildman–Crippen MR) is 72.1 cm³/mol. The lowest BCUT2D eigenvalue weighted by Crippen LogP contribution is -2.23. The van der Waals surface area contributed by atoms with Gasteiger partial charge in [0.05, 0.1) is 12.0 Å². The van der Waals surface area contributed by atoms with Crippen LogP contribution in [-0.4, -0.2) is 25.5 Å². The molecule has 1 aromatic heterocycles. The molecule has 1 aromatic rings. The van der Waals surface area contributed by atoms with E-state index in [1.54, 1.807) is 12.1 Å². The van der Waals surface area contributed by atoms with Crippen molar-refractivity contribution in [2.75, 3.05) is 13.7 Å². The van der Waals surface area contributed by atoms with Gasteiger partial charge in [-0.25, -0.2) is 4.79 Å². The van der Waals surface area contributed by atoms with Gasteiger partial charge in [0.15, 0.2) is 0 Å². The average molecular weight is 269 g/mol. The van der Waals surface area contributed by atoms with Crippen LogP contribution in [0.5, 0.6) is 0 Å². The lowest BCUT2D eigenvalue weighted by molar-refractivity contribution is 0.0606. The van der Waals surface area contributed by atoms with E-state index in [0.29, 0.717) is 22.2 Å². The van der Waals surface area contributed by atoms with Crippen LogP contribution in [0.1, 0.15) is 46.0 Å². The Morgan fingerprint density at radius 3 is 2.61 bits per heavy atom. The number of hydrogen-bond acceptors (Lipinski definition) is 4. The zero-order valence-corrected chi connectivity index (χ0v) is 11.8. The summed E-state index contributed by atoms with van der Waals surface area (Å²) in [5, 5.41) is 2.84. The Morgan fingerprint density at radius 2 is 2.00 bits per heavy atom. The second-order valence-electron chi connectivity index (χ2n) is 4.45. The molecule has 0 bridgehead atoms. The highest BCUT2D eigenvalue weighted by atomic mass is 32.1. The van der Waals surface area contributed by atoms with E-state index in [-0.39, 0.29) is 5.91 Å². The quantitative estimate of drug-likeness (QED) is 0.638. The highest BCUT2D eigenvalue weighted by Gasteiger charge is 2.13. The summed E-state index contributed by atoms with van der Waals surface area (Å²) in [4.78, 5) is 24.0. The Hall–Kier alpha value is -1.36. The number of hydrogen-bond donors (Lipinski definition) is 1. The second kappa shape index (κ2) is 7.16. The number of nitrogens with one attached hydrogen (secondary N) is 1. The van der Waals surface area contributed by atoms with E-state index in [9.17, 15) is 9.59 Å². The summed E-state index contributed by atoms with van der Waals surface area (Å²) in [6.07, 6.45) is 2.07. The van der Waals surface area contributed by atoms with E-state index in [0.717, 1.165) is 24.2 Å². The number of rotatable bonds is 6. The first-order valence-corrected chi connectivity index (χ1v) is 6.82. The number of ether oxygens (including phenoxy) is 1. The summed E-state index contributed by atoms with van der Waals surface area (Å²) in [6.45, 7) is 4.98. The van der Waals surface area contributed by atoms with Crippen LogP contribution in [0.25, 0.3) is 0 Å². The Balaban J connectivity index is 2.42. The van der Waals surface area contributed by atoms with Crippen LogP contribution in [-0.2, 0) is 4.74 Å². The Kier molecular flexibility index (Phi) is 5.85.